The first-order valence-corrected chi connectivity index (χ1v) is 5.65. The molecule has 0 radical (unpaired) electrons. The summed E-state index contributed by atoms with van der Waals surface area (Å²) in [5, 5.41) is 2.96. The average Bonchev–Trinajstić information content (AvgIpc) is 2.35. The van der Waals surface area contributed by atoms with Gasteiger partial charge in [-0.25, -0.2) is 0 Å². The van der Waals surface area contributed by atoms with E-state index in [4.69, 9.17) is 4.74 Å². The van der Waals surface area contributed by atoms with E-state index in [9.17, 15) is 4.79 Å². The molecule has 0 bridgehead atoms. The highest BCUT2D eigenvalue weighted by Gasteiger charge is 2.34. The normalized spacial score (nSPS) is 18.1. The van der Waals surface area contributed by atoms with Gasteiger partial charge in [0.25, 0.3) is 0 Å². The Morgan fingerprint density at radius 3 is 2.76 bits per heavy atom. The van der Waals surface area contributed by atoms with Gasteiger partial charge in [0, 0.05) is 13.6 Å². The fourth-order valence-corrected chi connectivity index (χ4v) is 2.17. The summed E-state index contributed by atoms with van der Waals surface area (Å²) < 4.78 is 5.29. The van der Waals surface area contributed by atoms with Gasteiger partial charge in [-0.1, -0.05) is 6.07 Å². The van der Waals surface area contributed by atoms with Crippen molar-refractivity contribution in [2.45, 2.75) is 13.8 Å². The maximum Gasteiger partial charge on any atom is 0.231 e. The lowest BCUT2D eigenvalue weighted by Gasteiger charge is -2.26. The van der Waals surface area contributed by atoms with Crippen LogP contribution in [0.3, 0.4) is 0 Å². The van der Waals surface area contributed by atoms with E-state index in [0.717, 1.165) is 11.4 Å². The van der Waals surface area contributed by atoms with Gasteiger partial charge in [0.15, 0.2) is 0 Å². The molecule has 2 rings (SSSR count). The number of rotatable bonds is 1. The van der Waals surface area contributed by atoms with Crippen molar-refractivity contribution in [1.29, 1.82) is 0 Å². The Morgan fingerprint density at radius 1 is 1.41 bits per heavy atom. The first-order valence-electron chi connectivity index (χ1n) is 5.65. The molecule has 1 amide bonds. The molecular weight excluding hydrogens is 216 g/mol. The molecule has 4 heteroatoms. The van der Waals surface area contributed by atoms with E-state index in [1.165, 1.54) is 0 Å². The molecule has 4 nitrogen and oxygen atoms in total. The van der Waals surface area contributed by atoms with Gasteiger partial charge >= 0.3 is 0 Å². The number of amides is 1. The maximum atomic E-state index is 12.1. The summed E-state index contributed by atoms with van der Waals surface area (Å²) in [4.78, 5) is 14.2. The van der Waals surface area contributed by atoms with Crippen LogP contribution >= 0.6 is 0 Å². The van der Waals surface area contributed by atoms with E-state index in [1.807, 2.05) is 39.1 Å². The van der Waals surface area contributed by atoms with Crippen molar-refractivity contribution in [2.75, 3.05) is 30.9 Å². The molecule has 1 aromatic rings. The van der Waals surface area contributed by atoms with Crippen LogP contribution in [0.15, 0.2) is 18.2 Å². The van der Waals surface area contributed by atoms with Gasteiger partial charge in [0.2, 0.25) is 5.91 Å². The summed E-state index contributed by atoms with van der Waals surface area (Å²) in [5.74, 6) is 0.716. The van der Waals surface area contributed by atoms with Gasteiger partial charge < -0.3 is 15.0 Å². The van der Waals surface area contributed by atoms with E-state index in [0.29, 0.717) is 12.3 Å². The van der Waals surface area contributed by atoms with Gasteiger partial charge in [0.05, 0.1) is 18.2 Å². The van der Waals surface area contributed by atoms with Crippen molar-refractivity contribution < 1.29 is 9.53 Å². The standard InChI is InChI=1S/C13H18N2O2/c1-13(2)8-15(3)9-6-5-7-10(17-4)11(9)14-12(13)16/h5-7H,8H2,1-4H3,(H,14,16). The van der Waals surface area contributed by atoms with Crippen molar-refractivity contribution >= 4 is 17.3 Å². The van der Waals surface area contributed by atoms with Gasteiger partial charge in [-0.15, -0.1) is 0 Å². The van der Waals surface area contributed by atoms with E-state index in [-0.39, 0.29) is 5.91 Å². The molecule has 92 valence electrons. The monoisotopic (exact) mass is 234 g/mol. The zero-order valence-corrected chi connectivity index (χ0v) is 10.7. The van der Waals surface area contributed by atoms with Crippen LogP contribution < -0.4 is 15.0 Å². The van der Waals surface area contributed by atoms with Crippen molar-refractivity contribution in [1.82, 2.24) is 0 Å². The summed E-state index contributed by atoms with van der Waals surface area (Å²) in [6, 6.07) is 5.77. The number of fused-ring (bicyclic) bond motifs is 1. The Morgan fingerprint density at radius 2 is 2.12 bits per heavy atom. The Labute approximate surface area is 102 Å². The van der Waals surface area contributed by atoms with Crippen LogP contribution in [0, 0.1) is 5.41 Å². The molecule has 0 aromatic heterocycles. The van der Waals surface area contributed by atoms with Crippen LogP contribution in [-0.4, -0.2) is 26.6 Å². The first-order chi connectivity index (χ1) is 7.95. The lowest BCUT2D eigenvalue weighted by Crippen LogP contribution is -2.37. The fraction of sp³-hybridized carbons (Fsp3) is 0.462. The number of nitrogens with one attached hydrogen (secondary N) is 1. The molecular formula is C13H18N2O2. The van der Waals surface area contributed by atoms with E-state index < -0.39 is 5.41 Å². The number of hydrogen-bond acceptors (Lipinski definition) is 3. The number of carbonyl (C=O) groups excluding carboxylic acids is 1. The molecule has 0 saturated carbocycles. The molecule has 1 N–H and O–H groups in total. The van der Waals surface area contributed by atoms with Crippen molar-refractivity contribution in [2.24, 2.45) is 5.41 Å². The van der Waals surface area contributed by atoms with Gasteiger partial charge in [-0.05, 0) is 26.0 Å². The van der Waals surface area contributed by atoms with E-state index in [1.54, 1.807) is 7.11 Å². The molecule has 0 fully saturated rings. The maximum absolute atomic E-state index is 12.1. The van der Waals surface area contributed by atoms with Crippen LogP contribution in [0.5, 0.6) is 5.75 Å². The number of benzene rings is 1. The topological polar surface area (TPSA) is 41.6 Å². The van der Waals surface area contributed by atoms with Crippen LogP contribution in [0.25, 0.3) is 0 Å². The highest BCUT2D eigenvalue weighted by atomic mass is 16.5. The SMILES string of the molecule is COc1cccc2c1NC(=O)C(C)(C)CN2C. The number of nitrogens with zero attached hydrogens (tertiary/aromatic N) is 1. The van der Waals surface area contributed by atoms with E-state index in [2.05, 4.69) is 10.2 Å². The van der Waals surface area contributed by atoms with Crippen LogP contribution in [0.4, 0.5) is 11.4 Å². The molecule has 1 aliphatic heterocycles. The summed E-state index contributed by atoms with van der Waals surface area (Å²) >= 11 is 0. The first kappa shape index (κ1) is 11.8. The second-order valence-corrected chi connectivity index (χ2v) is 5.05. The smallest absolute Gasteiger partial charge is 0.231 e. The molecule has 0 spiro atoms. The quantitative estimate of drug-likeness (QED) is 0.809. The molecule has 0 unspecified atom stereocenters. The third kappa shape index (κ3) is 1.95. The van der Waals surface area contributed by atoms with Crippen LogP contribution in [0.2, 0.25) is 0 Å². The molecule has 0 aliphatic carbocycles. The minimum Gasteiger partial charge on any atom is -0.494 e. The number of anilines is 2. The molecule has 0 saturated heterocycles. The molecule has 1 aromatic carbocycles. The van der Waals surface area contributed by atoms with Crippen molar-refractivity contribution in [3.05, 3.63) is 18.2 Å². The molecule has 17 heavy (non-hydrogen) atoms. The summed E-state index contributed by atoms with van der Waals surface area (Å²) in [6.45, 7) is 4.56. The number of hydrogen-bond donors (Lipinski definition) is 1. The Kier molecular flexibility index (Phi) is 2.73. The number of methoxy groups -OCH3 is 1. The Bertz CT molecular complexity index is 455. The third-order valence-corrected chi connectivity index (χ3v) is 3.12. The second-order valence-electron chi connectivity index (χ2n) is 5.05. The van der Waals surface area contributed by atoms with Crippen molar-refractivity contribution in [3.63, 3.8) is 0 Å². The summed E-state index contributed by atoms with van der Waals surface area (Å²) in [5.41, 5.74) is 1.33. The van der Waals surface area contributed by atoms with E-state index >= 15 is 0 Å². The minimum absolute atomic E-state index is 0.0209. The lowest BCUT2D eigenvalue weighted by atomic mass is 9.92. The molecule has 1 heterocycles. The lowest BCUT2D eigenvalue weighted by molar-refractivity contribution is -0.123. The number of carbonyl (C=O) groups is 1. The zero-order chi connectivity index (χ0) is 12.6. The number of ether oxygens (including phenoxy) is 1. The fourth-order valence-electron chi connectivity index (χ4n) is 2.17. The highest BCUT2D eigenvalue weighted by Crippen LogP contribution is 2.39. The van der Waals surface area contributed by atoms with Gasteiger partial charge in [0.1, 0.15) is 11.4 Å². The summed E-state index contributed by atoms with van der Waals surface area (Å²) in [7, 11) is 3.60. The predicted molar refractivity (Wildman–Crippen MR) is 68.7 cm³/mol. The molecule has 0 atom stereocenters. The second kappa shape index (κ2) is 3.95. The number of para-hydroxylation sites is 1. The summed E-state index contributed by atoms with van der Waals surface area (Å²) in [6.07, 6.45) is 0. The Hall–Kier alpha value is -1.71. The predicted octanol–water partition coefficient (Wildman–Crippen LogP) is 2.11. The molecule has 1 aliphatic rings. The highest BCUT2D eigenvalue weighted by molar-refractivity contribution is 6.01. The van der Waals surface area contributed by atoms with Crippen molar-refractivity contribution in [3.8, 4) is 5.75 Å². The minimum atomic E-state index is -0.418. The van der Waals surface area contributed by atoms with Crippen LogP contribution in [0.1, 0.15) is 13.8 Å². The van der Waals surface area contributed by atoms with Gasteiger partial charge in [-0.3, -0.25) is 4.79 Å². The Balaban J connectivity index is 2.53. The zero-order valence-electron chi connectivity index (χ0n) is 10.7. The van der Waals surface area contributed by atoms with Gasteiger partial charge in [-0.2, -0.15) is 0 Å². The van der Waals surface area contributed by atoms with Crippen LogP contribution in [-0.2, 0) is 4.79 Å². The largest absolute Gasteiger partial charge is 0.494 e. The third-order valence-electron chi connectivity index (χ3n) is 3.12. The average molecular weight is 234 g/mol.